The topological polar surface area (TPSA) is 94.5 Å². The van der Waals surface area contributed by atoms with Crippen molar-refractivity contribution in [3.8, 4) is 0 Å². The quantitative estimate of drug-likeness (QED) is 0.154. The molecule has 8 nitrogen and oxygen atoms in total. The van der Waals surface area contributed by atoms with Gasteiger partial charge in [-0.2, -0.15) is 0 Å². The summed E-state index contributed by atoms with van der Waals surface area (Å²) < 4.78 is 2.13. The van der Waals surface area contributed by atoms with Gasteiger partial charge in [0.1, 0.15) is 11.7 Å². The van der Waals surface area contributed by atoms with Crippen LogP contribution >= 0.6 is 0 Å². The number of rotatable bonds is 11. The first-order valence-corrected chi connectivity index (χ1v) is 14.7. The maximum absolute atomic E-state index is 14.0. The summed E-state index contributed by atoms with van der Waals surface area (Å²) in [5.41, 5.74) is 11.3. The third-order valence-corrected chi connectivity index (χ3v) is 8.04. The molecule has 8 heteroatoms. The standard InChI is InChI=1S/C35H41N7O/c1-39(2)21-8-22-40(3)35(43)42(24-28-11-7-10-26-9-5-6-12-30(26)28)29-18-19-32-31(23-29)38-33(41(32)4)20-15-25-13-16-27(17-14-25)34(36)37/h5-7,9-14,16-19,23H,8,15,20-22,24H2,1-4H3,(H3,36,37). The van der Waals surface area contributed by atoms with Gasteiger partial charge in [-0.05, 0) is 73.6 Å². The number of amidine groups is 1. The minimum Gasteiger partial charge on any atom is -0.384 e. The van der Waals surface area contributed by atoms with Crippen LogP contribution in [-0.2, 0) is 26.4 Å². The van der Waals surface area contributed by atoms with Crippen molar-refractivity contribution in [3.63, 3.8) is 0 Å². The van der Waals surface area contributed by atoms with E-state index >= 15 is 0 Å². The number of anilines is 1. The molecule has 0 atom stereocenters. The fraction of sp³-hybridized carbons (Fsp3) is 0.286. The number of benzene rings is 4. The first-order valence-electron chi connectivity index (χ1n) is 14.7. The summed E-state index contributed by atoms with van der Waals surface area (Å²) in [5, 5.41) is 9.92. The summed E-state index contributed by atoms with van der Waals surface area (Å²) in [5.74, 6) is 1.06. The van der Waals surface area contributed by atoms with Crippen molar-refractivity contribution in [3.05, 3.63) is 107 Å². The highest BCUT2D eigenvalue weighted by atomic mass is 16.2. The van der Waals surface area contributed by atoms with Crippen LogP contribution in [-0.4, -0.2) is 65.5 Å². The van der Waals surface area contributed by atoms with Gasteiger partial charge in [0.15, 0.2) is 0 Å². The van der Waals surface area contributed by atoms with Crippen molar-refractivity contribution < 1.29 is 4.79 Å². The molecule has 222 valence electrons. The van der Waals surface area contributed by atoms with E-state index in [1.54, 1.807) is 0 Å². The van der Waals surface area contributed by atoms with Crippen molar-refractivity contribution >= 4 is 39.4 Å². The van der Waals surface area contributed by atoms with Crippen molar-refractivity contribution in [1.29, 1.82) is 5.41 Å². The zero-order valence-electron chi connectivity index (χ0n) is 25.5. The van der Waals surface area contributed by atoms with Crippen LogP contribution in [0.1, 0.15) is 28.9 Å². The monoisotopic (exact) mass is 575 g/mol. The summed E-state index contributed by atoms with van der Waals surface area (Å²) in [6.45, 7) is 2.05. The predicted octanol–water partition coefficient (Wildman–Crippen LogP) is 5.81. The van der Waals surface area contributed by atoms with E-state index in [0.717, 1.165) is 70.3 Å². The molecule has 0 aliphatic carbocycles. The van der Waals surface area contributed by atoms with Crippen molar-refractivity contribution in [2.45, 2.75) is 25.8 Å². The number of nitrogens with two attached hydrogens (primary N) is 1. The number of imidazole rings is 1. The molecule has 0 bridgehead atoms. The fourth-order valence-corrected chi connectivity index (χ4v) is 5.53. The van der Waals surface area contributed by atoms with Crippen LogP contribution in [0, 0.1) is 5.41 Å². The molecular formula is C35H41N7O. The first-order chi connectivity index (χ1) is 20.7. The Bertz CT molecular complexity index is 1730. The summed E-state index contributed by atoms with van der Waals surface area (Å²) in [4.78, 5) is 24.8. The highest BCUT2D eigenvalue weighted by molar-refractivity contribution is 5.96. The highest BCUT2D eigenvalue weighted by Gasteiger charge is 2.22. The minimum atomic E-state index is -0.0313. The molecule has 0 spiro atoms. The molecule has 0 radical (unpaired) electrons. The largest absolute Gasteiger partial charge is 0.384 e. The number of fused-ring (bicyclic) bond motifs is 2. The minimum absolute atomic E-state index is 0.0313. The molecule has 0 saturated heterocycles. The molecule has 0 aliphatic heterocycles. The molecule has 1 aromatic heterocycles. The molecule has 5 rings (SSSR count). The van der Waals surface area contributed by atoms with Gasteiger partial charge < -0.3 is 20.1 Å². The molecule has 2 amide bonds. The predicted molar refractivity (Wildman–Crippen MR) is 177 cm³/mol. The number of aryl methyl sites for hydroxylation is 3. The van der Waals surface area contributed by atoms with E-state index in [9.17, 15) is 4.79 Å². The number of hydrogen-bond donors (Lipinski definition) is 2. The van der Waals surface area contributed by atoms with Crippen LogP contribution in [0.2, 0.25) is 0 Å². The van der Waals surface area contributed by atoms with E-state index in [4.69, 9.17) is 16.1 Å². The number of urea groups is 1. The molecule has 0 saturated carbocycles. The lowest BCUT2D eigenvalue weighted by Gasteiger charge is -2.29. The van der Waals surface area contributed by atoms with E-state index in [0.29, 0.717) is 13.1 Å². The lowest BCUT2D eigenvalue weighted by atomic mass is 10.0. The summed E-state index contributed by atoms with van der Waals surface area (Å²) in [6.07, 6.45) is 2.50. The Labute approximate surface area is 253 Å². The number of nitrogens with zero attached hydrogens (tertiary/aromatic N) is 5. The maximum atomic E-state index is 14.0. The number of aromatic nitrogens is 2. The fourth-order valence-electron chi connectivity index (χ4n) is 5.53. The Morgan fingerprint density at radius 2 is 1.65 bits per heavy atom. The summed E-state index contributed by atoms with van der Waals surface area (Å²) in [6, 6.07) is 28.5. The van der Waals surface area contributed by atoms with Crippen molar-refractivity contribution in [2.75, 3.05) is 39.1 Å². The van der Waals surface area contributed by atoms with Crippen molar-refractivity contribution in [2.24, 2.45) is 12.8 Å². The van der Waals surface area contributed by atoms with Crippen molar-refractivity contribution in [1.82, 2.24) is 19.4 Å². The van der Waals surface area contributed by atoms with Gasteiger partial charge in [-0.25, -0.2) is 9.78 Å². The Kier molecular flexibility index (Phi) is 9.07. The van der Waals surface area contributed by atoms with Gasteiger partial charge >= 0.3 is 6.03 Å². The van der Waals surface area contributed by atoms with Crippen LogP contribution in [0.5, 0.6) is 0 Å². The molecule has 0 unspecified atom stereocenters. The van der Waals surface area contributed by atoms with E-state index in [1.807, 2.05) is 72.4 Å². The van der Waals surface area contributed by atoms with Gasteiger partial charge in [-0.1, -0.05) is 66.7 Å². The summed E-state index contributed by atoms with van der Waals surface area (Å²) in [7, 11) is 8.03. The lowest BCUT2D eigenvalue weighted by Crippen LogP contribution is -2.42. The van der Waals surface area contributed by atoms with Gasteiger partial charge in [0.05, 0.1) is 17.6 Å². The normalized spacial score (nSPS) is 11.4. The van der Waals surface area contributed by atoms with Crippen LogP contribution in [0.3, 0.4) is 0 Å². The molecule has 0 fully saturated rings. The third-order valence-electron chi connectivity index (χ3n) is 8.04. The number of nitrogens with one attached hydrogen (secondary N) is 1. The maximum Gasteiger partial charge on any atom is 0.324 e. The van der Waals surface area contributed by atoms with E-state index < -0.39 is 0 Å². The van der Waals surface area contributed by atoms with E-state index in [2.05, 4.69) is 60.0 Å². The van der Waals surface area contributed by atoms with Gasteiger partial charge in [-0.3, -0.25) is 10.3 Å². The lowest BCUT2D eigenvalue weighted by molar-refractivity contribution is 0.212. The SMILES string of the molecule is CN(C)CCCN(C)C(=O)N(Cc1cccc2ccccc12)c1ccc2c(c1)nc(CCc1ccc(C(=N)N)cc1)n2C. The number of hydrogen-bond acceptors (Lipinski definition) is 4. The Morgan fingerprint density at radius 3 is 2.40 bits per heavy atom. The zero-order valence-corrected chi connectivity index (χ0v) is 25.5. The third kappa shape index (κ3) is 6.87. The molecule has 1 heterocycles. The van der Waals surface area contributed by atoms with Gasteiger partial charge in [0, 0.05) is 38.3 Å². The molecule has 5 aromatic rings. The number of carbonyl (C=O) groups is 1. The average molecular weight is 576 g/mol. The molecule has 4 aromatic carbocycles. The zero-order chi connectivity index (χ0) is 30.5. The second-order valence-corrected chi connectivity index (χ2v) is 11.5. The second-order valence-electron chi connectivity index (χ2n) is 11.5. The van der Waals surface area contributed by atoms with E-state index in [-0.39, 0.29) is 11.9 Å². The second kappa shape index (κ2) is 13.1. The average Bonchev–Trinajstić information content (AvgIpc) is 3.32. The molecule has 0 aliphatic rings. The Hall–Kier alpha value is -4.69. The molecule has 43 heavy (non-hydrogen) atoms. The number of carbonyl (C=O) groups excluding carboxylic acids is 1. The van der Waals surface area contributed by atoms with Gasteiger partial charge in [0.25, 0.3) is 0 Å². The smallest absolute Gasteiger partial charge is 0.324 e. The van der Waals surface area contributed by atoms with Crippen LogP contribution < -0.4 is 10.6 Å². The first kappa shape index (κ1) is 29.8. The molecular weight excluding hydrogens is 534 g/mol. The van der Waals surface area contributed by atoms with Crippen LogP contribution in [0.15, 0.2) is 84.9 Å². The Morgan fingerprint density at radius 1 is 0.907 bits per heavy atom. The highest BCUT2D eigenvalue weighted by Crippen LogP contribution is 2.28. The Balaban J connectivity index is 1.43. The van der Waals surface area contributed by atoms with Crippen LogP contribution in [0.25, 0.3) is 21.8 Å². The molecule has 3 N–H and O–H groups in total. The van der Waals surface area contributed by atoms with E-state index in [1.165, 1.54) is 5.56 Å². The number of nitrogen functional groups attached to an aromatic ring is 1. The summed E-state index contributed by atoms with van der Waals surface area (Å²) >= 11 is 0. The van der Waals surface area contributed by atoms with Crippen LogP contribution in [0.4, 0.5) is 10.5 Å². The van der Waals surface area contributed by atoms with Gasteiger partial charge in [-0.15, -0.1) is 0 Å². The van der Waals surface area contributed by atoms with Gasteiger partial charge in [0.2, 0.25) is 0 Å². The number of amides is 2.